The molecule has 1 aromatic carbocycles. The van der Waals surface area contributed by atoms with Gasteiger partial charge in [-0.3, -0.25) is 9.59 Å². The van der Waals surface area contributed by atoms with Crippen molar-refractivity contribution in [3.8, 4) is 11.5 Å². The number of nitrogens with one attached hydrogen (secondary N) is 2. The molecule has 6 heteroatoms. The molecule has 1 saturated heterocycles. The zero-order chi connectivity index (χ0) is 17.6. The molecule has 2 amide bonds. The Morgan fingerprint density at radius 1 is 1.25 bits per heavy atom. The summed E-state index contributed by atoms with van der Waals surface area (Å²) >= 11 is 0. The summed E-state index contributed by atoms with van der Waals surface area (Å²) in [6.45, 7) is 2.29. The second-order valence-corrected chi connectivity index (χ2v) is 6.28. The van der Waals surface area contributed by atoms with Crippen molar-refractivity contribution in [2.45, 2.75) is 44.6 Å². The van der Waals surface area contributed by atoms with Crippen molar-refractivity contribution in [3.63, 3.8) is 0 Å². The van der Waals surface area contributed by atoms with E-state index in [1.165, 1.54) is 0 Å². The van der Waals surface area contributed by atoms with Gasteiger partial charge in [0.2, 0.25) is 11.8 Å². The highest BCUT2D eigenvalue weighted by atomic mass is 16.5. The molecule has 0 saturated carbocycles. The van der Waals surface area contributed by atoms with Gasteiger partial charge in [0, 0.05) is 13.0 Å². The van der Waals surface area contributed by atoms with E-state index >= 15 is 0 Å². The molecule has 0 aliphatic carbocycles. The molecular weight excluding hydrogens is 308 g/mol. The molecule has 1 heterocycles. The largest absolute Gasteiger partial charge is 0.493 e. The molecule has 1 atom stereocenters. The lowest BCUT2D eigenvalue weighted by molar-refractivity contribution is -0.132. The lowest BCUT2D eigenvalue weighted by Crippen LogP contribution is -2.56. The number of rotatable bonds is 6. The summed E-state index contributed by atoms with van der Waals surface area (Å²) < 4.78 is 10.5. The quantitative estimate of drug-likeness (QED) is 0.832. The van der Waals surface area contributed by atoms with Gasteiger partial charge in [-0.1, -0.05) is 12.5 Å². The molecule has 132 valence electrons. The maximum absolute atomic E-state index is 12.5. The van der Waals surface area contributed by atoms with Crippen molar-refractivity contribution < 1.29 is 19.1 Å². The van der Waals surface area contributed by atoms with Crippen LogP contribution in [0.15, 0.2) is 18.2 Å². The van der Waals surface area contributed by atoms with Crippen LogP contribution in [0.5, 0.6) is 11.5 Å². The van der Waals surface area contributed by atoms with Crippen molar-refractivity contribution in [1.82, 2.24) is 10.6 Å². The number of hydrogen-bond acceptors (Lipinski definition) is 4. The number of carbonyl (C=O) groups excluding carboxylic acids is 2. The van der Waals surface area contributed by atoms with Crippen molar-refractivity contribution in [3.05, 3.63) is 23.8 Å². The highest BCUT2D eigenvalue weighted by Gasteiger charge is 2.35. The van der Waals surface area contributed by atoms with Gasteiger partial charge in [0.25, 0.3) is 0 Å². The molecule has 1 aliphatic heterocycles. The number of carbonyl (C=O) groups is 2. The van der Waals surface area contributed by atoms with Gasteiger partial charge in [-0.15, -0.1) is 0 Å². The maximum atomic E-state index is 12.5. The van der Waals surface area contributed by atoms with Crippen LogP contribution >= 0.6 is 0 Å². The third-order valence-corrected chi connectivity index (χ3v) is 4.39. The van der Waals surface area contributed by atoms with Crippen molar-refractivity contribution in [2.75, 3.05) is 20.8 Å². The minimum absolute atomic E-state index is 0.0509. The first kappa shape index (κ1) is 18.1. The van der Waals surface area contributed by atoms with E-state index in [-0.39, 0.29) is 11.8 Å². The Kier molecular flexibility index (Phi) is 6.06. The molecule has 2 rings (SSSR count). The Labute approximate surface area is 142 Å². The minimum atomic E-state index is -0.814. The standard InChI is InChI=1S/C18H26N2O4/c1-18(10-5-4-6-16(21)20-18)17(22)19-11-9-13-7-8-14(23-2)15(12-13)24-3/h7-8,12H,4-6,9-11H2,1-3H3,(H,19,22)(H,20,21). The Morgan fingerprint density at radius 3 is 2.71 bits per heavy atom. The molecular formula is C18H26N2O4. The summed E-state index contributed by atoms with van der Waals surface area (Å²) in [7, 11) is 3.19. The van der Waals surface area contributed by atoms with E-state index in [0.717, 1.165) is 18.4 Å². The van der Waals surface area contributed by atoms with Crippen molar-refractivity contribution in [1.29, 1.82) is 0 Å². The fraction of sp³-hybridized carbons (Fsp3) is 0.556. The van der Waals surface area contributed by atoms with Crippen LogP contribution in [0.1, 0.15) is 38.2 Å². The first-order valence-electron chi connectivity index (χ1n) is 8.29. The number of ether oxygens (including phenoxy) is 2. The fourth-order valence-electron chi connectivity index (χ4n) is 2.92. The molecule has 0 spiro atoms. The molecule has 24 heavy (non-hydrogen) atoms. The smallest absolute Gasteiger partial charge is 0.245 e. The minimum Gasteiger partial charge on any atom is -0.493 e. The predicted octanol–water partition coefficient (Wildman–Crippen LogP) is 1.81. The van der Waals surface area contributed by atoms with Gasteiger partial charge in [-0.2, -0.15) is 0 Å². The third-order valence-electron chi connectivity index (χ3n) is 4.39. The van der Waals surface area contributed by atoms with E-state index < -0.39 is 5.54 Å². The summed E-state index contributed by atoms with van der Waals surface area (Å²) in [5.74, 6) is 1.17. The summed E-state index contributed by atoms with van der Waals surface area (Å²) in [5.41, 5.74) is 0.230. The zero-order valence-electron chi connectivity index (χ0n) is 14.6. The fourth-order valence-corrected chi connectivity index (χ4v) is 2.92. The lowest BCUT2D eigenvalue weighted by atomic mass is 9.95. The van der Waals surface area contributed by atoms with E-state index in [0.29, 0.717) is 37.3 Å². The van der Waals surface area contributed by atoms with Gasteiger partial charge in [-0.25, -0.2) is 0 Å². The van der Waals surface area contributed by atoms with Crippen LogP contribution in [-0.4, -0.2) is 38.1 Å². The Bertz CT molecular complexity index is 603. The number of methoxy groups -OCH3 is 2. The van der Waals surface area contributed by atoms with E-state index in [1.807, 2.05) is 18.2 Å². The summed E-state index contributed by atoms with van der Waals surface area (Å²) in [6, 6.07) is 5.70. The number of amides is 2. The highest BCUT2D eigenvalue weighted by molar-refractivity contribution is 5.91. The molecule has 1 aromatic rings. The second kappa shape index (κ2) is 8.04. The molecule has 1 unspecified atom stereocenters. The van der Waals surface area contributed by atoms with Gasteiger partial charge >= 0.3 is 0 Å². The van der Waals surface area contributed by atoms with Gasteiger partial charge in [-0.05, 0) is 43.9 Å². The van der Waals surface area contributed by atoms with E-state index in [2.05, 4.69) is 10.6 Å². The van der Waals surface area contributed by atoms with E-state index in [4.69, 9.17) is 9.47 Å². The zero-order valence-corrected chi connectivity index (χ0v) is 14.6. The van der Waals surface area contributed by atoms with Crippen LogP contribution in [0.25, 0.3) is 0 Å². The Morgan fingerprint density at radius 2 is 2.00 bits per heavy atom. The average molecular weight is 334 g/mol. The Balaban J connectivity index is 1.91. The lowest BCUT2D eigenvalue weighted by Gasteiger charge is -2.27. The van der Waals surface area contributed by atoms with E-state index in [9.17, 15) is 9.59 Å². The van der Waals surface area contributed by atoms with Crippen LogP contribution in [0, 0.1) is 0 Å². The monoisotopic (exact) mass is 334 g/mol. The normalized spacial score (nSPS) is 20.7. The first-order chi connectivity index (χ1) is 11.5. The third kappa shape index (κ3) is 4.40. The molecule has 0 aromatic heterocycles. The van der Waals surface area contributed by atoms with Gasteiger partial charge in [0.1, 0.15) is 5.54 Å². The SMILES string of the molecule is COc1ccc(CCNC(=O)C2(C)CCCCC(=O)N2)cc1OC. The van der Waals surface area contributed by atoms with Crippen LogP contribution < -0.4 is 20.1 Å². The molecule has 2 N–H and O–H groups in total. The molecule has 0 bridgehead atoms. The summed E-state index contributed by atoms with van der Waals surface area (Å²) in [5, 5.41) is 5.78. The van der Waals surface area contributed by atoms with Crippen molar-refractivity contribution in [2.24, 2.45) is 0 Å². The second-order valence-electron chi connectivity index (χ2n) is 6.28. The Hall–Kier alpha value is -2.24. The topological polar surface area (TPSA) is 76.7 Å². The number of benzene rings is 1. The predicted molar refractivity (Wildman–Crippen MR) is 91.3 cm³/mol. The molecule has 6 nitrogen and oxygen atoms in total. The molecule has 1 fully saturated rings. The summed E-state index contributed by atoms with van der Waals surface area (Å²) in [6.07, 6.45) is 3.55. The van der Waals surface area contributed by atoms with Crippen LogP contribution in [-0.2, 0) is 16.0 Å². The molecule has 1 aliphatic rings. The van der Waals surface area contributed by atoms with Crippen LogP contribution in [0.3, 0.4) is 0 Å². The van der Waals surface area contributed by atoms with E-state index in [1.54, 1.807) is 21.1 Å². The van der Waals surface area contributed by atoms with Gasteiger partial charge in [0.15, 0.2) is 11.5 Å². The number of hydrogen-bond donors (Lipinski definition) is 2. The van der Waals surface area contributed by atoms with Crippen LogP contribution in [0.4, 0.5) is 0 Å². The average Bonchev–Trinajstić information content (AvgIpc) is 2.75. The van der Waals surface area contributed by atoms with Gasteiger partial charge < -0.3 is 20.1 Å². The molecule has 0 radical (unpaired) electrons. The van der Waals surface area contributed by atoms with Gasteiger partial charge in [0.05, 0.1) is 14.2 Å². The highest BCUT2D eigenvalue weighted by Crippen LogP contribution is 2.27. The first-order valence-corrected chi connectivity index (χ1v) is 8.29. The summed E-state index contributed by atoms with van der Waals surface area (Å²) in [4.78, 5) is 24.2. The van der Waals surface area contributed by atoms with Crippen LogP contribution in [0.2, 0.25) is 0 Å². The van der Waals surface area contributed by atoms with Crippen molar-refractivity contribution >= 4 is 11.8 Å². The maximum Gasteiger partial charge on any atom is 0.245 e.